The maximum absolute atomic E-state index is 13.5. The summed E-state index contributed by atoms with van der Waals surface area (Å²) in [6.07, 6.45) is 1.02. The summed E-state index contributed by atoms with van der Waals surface area (Å²) in [6.45, 7) is 1.89. The number of ketones is 1. The molecule has 1 saturated heterocycles. The number of aliphatic hydroxyl groups excluding tert-OH is 1. The van der Waals surface area contributed by atoms with Gasteiger partial charge in [0.2, 0.25) is 9.84 Å². The fraction of sp³-hybridized carbons (Fsp3) is 0.107. The van der Waals surface area contributed by atoms with Crippen LogP contribution in [0.15, 0.2) is 87.6 Å². The summed E-state index contributed by atoms with van der Waals surface area (Å²) in [4.78, 5) is 31.8. The van der Waals surface area contributed by atoms with Crippen molar-refractivity contribution >= 4 is 61.0 Å². The van der Waals surface area contributed by atoms with Crippen molar-refractivity contribution in [1.29, 1.82) is 0 Å². The number of phenols is 1. The van der Waals surface area contributed by atoms with Crippen LogP contribution in [0.5, 0.6) is 11.5 Å². The predicted molar refractivity (Wildman–Crippen MR) is 157 cm³/mol. The van der Waals surface area contributed by atoms with E-state index in [9.17, 15) is 33.4 Å². The van der Waals surface area contributed by atoms with Crippen LogP contribution in [0, 0.1) is 5.21 Å². The number of ether oxygens (including phenoxy) is 1. The predicted octanol–water partition coefficient (Wildman–Crippen LogP) is 5.05. The van der Waals surface area contributed by atoms with Crippen LogP contribution < -0.4 is 14.9 Å². The van der Waals surface area contributed by atoms with Crippen LogP contribution in [0.4, 0.5) is 10.8 Å². The number of halogens is 1. The molecule has 5 rings (SSSR count). The number of sulfone groups is 1. The SMILES string of the molecule is CCOc1cc(C2C(=C(O)c3ccc(Cl)cc3)C(=O)C(=O)N2c2ncc(S(=O)(=O)c3ccc(N([O-])O)cc3)s2)ccc1O. The van der Waals surface area contributed by atoms with Crippen molar-refractivity contribution in [2.45, 2.75) is 22.1 Å². The fourth-order valence-corrected chi connectivity index (χ4v) is 7.11. The van der Waals surface area contributed by atoms with Gasteiger partial charge in [-0.2, -0.15) is 0 Å². The normalized spacial score (nSPS) is 16.5. The van der Waals surface area contributed by atoms with Crippen molar-refractivity contribution in [3.63, 3.8) is 0 Å². The van der Waals surface area contributed by atoms with E-state index in [4.69, 9.17) is 21.5 Å². The molecule has 3 N–H and O–H groups in total. The maximum Gasteiger partial charge on any atom is 0.301 e. The van der Waals surface area contributed by atoms with E-state index in [0.29, 0.717) is 16.4 Å². The van der Waals surface area contributed by atoms with Gasteiger partial charge in [0, 0.05) is 10.6 Å². The van der Waals surface area contributed by atoms with Crippen LogP contribution in [0.2, 0.25) is 5.02 Å². The van der Waals surface area contributed by atoms with Gasteiger partial charge in [-0.05, 0) is 73.2 Å². The fourth-order valence-electron chi connectivity index (χ4n) is 4.44. The molecule has 0 aliphatic carbocycles. The highest BCUT2D eigenvalue weighted by atomic mass is 35.5. The van der Waals surface area contributed by atoms with Gasteiger partial charge < -0.3 is 25.4 Å². The maximum atomic E-state index is 13.5. The van der Waals surface area contributed by atoms with E-state index < -0.39 is 38.6 Å². The number of rotatable bonds is 8. The van der Waals surface area contributed by atoms with E-state index >= 15 is 0 Å². The summed E-state index contributed by atoms with van der Waals surface area (Å²) >= 11 is 6.58. The molecule has 4 aromatic rings. The Kier molecular flexibility index (Phi) is 8.14. The molecule has 1 aliphatic heterocycles. The van der Waals surface area contributed by atoms with E-state index in [1.54, 1.807) is 6.92 Å². The minimum Gasteiger partial charge on any atom is -0.733 e. The van der Waals surface area contributed by atoms with E-state index in [1.807, 2.05) is 0 Å². The number of carbonyl (C=O) groups excluding carboxylic acids is 2. The smallest absolute Gasteiger partial charge is 0.301 e. The number of Topliss-reactive ketones (excluding diaryl/α,β-unsaturated/α-hetero) is 1. The standard InChI is InChI=1S/C28H21ClN3O9S2/c1-2-41-21-13-16(5-12-20(21)33)24-23(25(34)15-3-6-17(29)7-4-15)26(35)27(36)31(24)28-30-14-22(42-28)43(39,40)19-10-8-18(9-11-19)32(37)38/h3-14,24,33-34,37H,2H2,1H3/q-1. The zero-order valence-corrected chi connectivity index (χ0v) is 24.4. The molecular formula is C28H21ClN3O9S2-. The lowest BCUT2D eigenvalue weighted by molar-refractivity contribution is -0.132. The van der Waals surface area contributed by atoms with Crippen LogP contribution in [-0.2, 0) is 19.4 Å². The monoisotopic (exact) mass is 642 g/mol. The van der Waals surface area contributed by atoms with E-state index in [0.717, 1.165) is 35.4 Å². The van der Waals surface area contributed by atoms with Gasteiger partial charge in [0.05, 0.1) is 35.0 Å². The van der Waals surface area contributed by atoms with Crippen LogP contribution >= 0.6 is 22.9 Å². The number of nitrogens with zero attached hydrogens (tertiary/aromatic N) is 3. The molecule has 1 fully saturated rings. The third kappa shape index (κ3) is 5.53. The molecule has 0 saturated carbocycles. The van der Waals surface area contributed by atoms with Crippen molar-refractivity contribution < 1.29 is 38.2 Å². The zero-order chi connectivity index (χ0) is 31.1. The Morgan fingerprint density at radius 2 is 1.79 bits per heavy atom. The summed E-state index contributed by atoms with van der Waals surface area (Å²) in [6, 6.07) is 13.2. The highest BCUT2D eigenvalue weighted by Crippen LogP contribution is 2.45. The van der Waals surface area contributed by atoms with Crippen LogP contribution in [-0.4, -0.2) is 47.1 Å². The second kappa shape index (κ2) is 11.7. The summed E-state index contributed by atoms with van der Waals surface area (Å²) in [5.41, 5.74) is -0.0335. The molecule has 3 aromatic carbocycles. The first kappa shape index (κ1) is 30.0. The minimum atomic E-state index is -4.20. The number of aromatic hydroxyl groups is 1. The van der Waals surface area contributed by atoms with Crippen LogP contribution in [0.3, 0.4) is 0 Å². The Labute approximate surface area is 253 Å². The lowest BCUT2D eigenvalue weighted by atomic mass is 9.95. The highest BCUT2D eigenvalue weighted by molar-refractivity contribution is 7.93. The molecule has 0 bridgehead atoms. The average molecular weight is 643 g/mol. The number of aromatic nitrogens is 1. The number of hydrogen-bond donors (Lipinski definition) is 3. The van der Waals surface area contributed by atoms with Gasteiger partial charge in [0.15, 0.2) is 16.6 Å². The molecule has 1 aliphatic rings. The van der Waals surface area contributed by atoms with Crippen molar-refractivity contribution in [1.82, 2.24) is 4.98 Å². The number of phenolic OH excluding ortho intramolecular Hbond substituents is 1. The first-order valence-corrected chi connectivity index (χ1v) is 15.1. The molecule has 0 spiro atoms. The highest BCUT2D eigenvalue weighted by Gasteiger charge is 2.48. The molecule has 1 aromatic heterocycles. The molecule has 43 heavy (non-hydrogen) atoms. The largest absolute Gasteiger partial charge is 0.733 e. The second-order valence-electron chi connectivity index (χ2n) is 9.07. The number of aliphatic hydroxyl groups is 1. The number of anilines is 2. The van der Waals surface area contributed by atoms with E-state index in [2.05, 4.69) is 4.98 Å². The zero-order valence-electron chi connectivity index (χ0n) is 22.0. The Hall–Kier alpha value is -4.47. The summed E-state index contributed by atoms with van der Waals surface area (Å²) in [7, 11) is -4.20. The van der Waals surface area contributed by atoms with Gasteiger partial charge in [0.1, 0.15) is 9.97 Å². The van der Waals surface area contributed by atoms with Gasteiger partial charge in [-0.3, -0.25) is 19.7 Å². The van der Waals surface area contributed by atoms with Crippen molar-refractivity contribution in [3.8, 4) is 11.5 Å². The summed E-state index contributed by atoms with van der Waals surface area (Å²) in [5, 5.41) is 41.5. The first-order valence-electron chi connectivity index (χ1n) is 12.4. The van der Waals surface area contributed by atoms with Gasteiger partial charge in [-0.25, -0.2) is 13.4 Å². The molecular weight excluding hydrogens is 622 g/mol. The molecule has 1 unspecified atom stereocenters. The van der Waals surface area contributed by atoms with Crippen molar-refractivity contribution in [2.75, 3.05) is 16.7 Å². The third-order valence-corrected chi connectivity index (χ3v) is 9.95. The molecule has 15 heteroatoms. The molecule has 1 atom stereocenters. The Morgan fingerprint density at radius 1 is 1.12 bits per heavy atom. The van der Waals surface area contributed by atoms with Gasteiger partial charge in [0.25, 0.3) is 5.78 Å². The van der Waals surface area contributed by atoms with E-state index in [1.165, 1.54) is 42.5 Å². The molecule has 1 amide bonds. The topological polar surface area (TPSA) is 181 Å². The number of amides is 1. The lowest BCUT2D eigenvalue weighted by Gasteiger charge is -2.23. The van der Waals surface area contributed by atoms with E-state index in [-0.39, 0.29) is 54.7 Å². The summed E-state index contributed by atoms with van der Waals surface area (Å²) in [5.74, 6) is -2.77. The molecule has 2 heterocycles. The molecule has 0 radical (unpaired) electrons. The van der Waals surface area contributed by atoms with Gasteiger partial charge in [-0.15, -0.1) is 0 Å². The second-order valence-corrected chi connectivity index (χ2v) is 12.7. The number of carbonyl (C=O) groups is 2. The minimum absolute atomic E-state index is 0.0578. The Balaban J connectivity index is 1.64. The van der Waals surface area contributed by atoms with Gasteiger partial charge >= 0.3 is 5.91 Å². The quantitative estimate of drug-likeness (QED) is 0.101. The Morgan fingerprint density at radius 3 is 2.42 bits per heavy atom. The molecule has 12 nitrogen and oxygen atoms in total. The van der Waals surface area contributed by atoms with Gasteiger partial charge in [-0.1, -0.05) is 29.0 Å². The Bertz CT molecular complexity index is 1850. The number of hydrogen-bond acceptors (Lipinski definition) is 12. The lowest BCUT2D eigenvalue weighted by Crippen LogP contribution is -2.29. The average Bonchev–Trinajstić information content (AvgIpc) is 3.58. The third-order valence-electron chi connectivity index (χ3n) is 6.47. The first-order chi connectivity index (χ1) is 20.4. The van der Waals surface area contributed by atoms with Crippen LogP contribution in [0.1, 0.15) is 24.1 Å². The number of thiazole rings is 1. The number of benzene rings is 3. The molecule has 222 valence electrons. The van der Waals surface area contributed by atoms with Crippen molar-refractivity contribution in [2.24, 2.45) is 0 Å². The summed E-state index contributed by atoms with van der Waals surface area (Å²) < 4.78 is 31.8. The van der Waals surface area contributed by atoms with Crippen molar-refractivity contribution in [3.05, 3.63) is 99.9 Å². The van der Waals surface area contributed by atoms with Crippen LogP contribution in [0.25, 0.3) is 5.76 Å².